The number of rotatable bonds is 6. The SMILES string of the molecule is CCNC(=O)C1(Cc2cccc(-c3ccccc3C)c2)CCN(C(=O)C2CCC2)CC1. The van der Waals surface area contributed by atoms with Crippen molar-refractivity contribution in [1.82, 2.24) is 10.2 Å². The van der Waals surface area contributed by atoms with Crippen molar-refractivity contribution in [3.8, 4) is 11.1 Å². The largest absolute Gasteiger partial charge is 0.356 e. The van der Waals surface area contributed by atoms with Gasteiger partial charge in [0.15, 0.2) is 0 Å². The minimum absolute atomic E-state index is 0.132. The van der Waals surface area contributed by atoms with Crippen LogP contribution in [0.4, 0.5) is 0 Å². The molecule has 0 radical (unpaired) electrons. The van der Waals surface area contributed by atoms with Crippen molar-refractivity contribution >= 4 is 11.8 Å². The molecular formula is C27H34N2O2. The van der Waals surface area contributed by atoms with Gasteiger partial charge < -0.3 is 10.2 Å². The third kappa shape index (κ3) is 4.53. The van der Waals surface area contributed by atoms with E-state index in [1.165, 1.54) is 28.7 Å². The first-order valence-electron chi connectivity index (χ1n) is 11.7. The van der Waals surface area contributed by atoms with Crippen LogP contribution >= 0.6 is 0 Å². The minimum Gasteiger partial charge on any atom is -0.356 e. The first-order chi connectivity index (χ1) is 15.0. The van der Waals surface area contributed by atoms with E-state index < -0.39 is 5.41 Å². The van der Waals surface area contributed by atoms with Gasteiger partial charge >= 0.3 is 0 Å². The van der Waals surface area contributed by atoms with Gasteiger partial charge in [-0.2, -0.15) is 0 Å². The molecule has 2 amide bonds. The highest BCUT2D eigenvalue weighted by atomic mass is 16.2. The fourth-order valence-corrected chi connectivity index (χ4v) is 5.04. The highest BCUT2D eigenvalue weighted by Gasteiger charge is 2.43. The molecule has 1 aliphatic heterocycles. The topological polar surface area (TPSA) is 49.4 Å². The molecule has 0 unspecified atom stereocenters. The molecule has 4 heteroatoms. The first kappa shape index (κ1) is 21.6. The standard InChI is InChI=1S/C27H34N2O2/c1-3-28-26(31)27(14-16-29(17-15-27)25(30)22-10-7-11-22)19-21-9-6-12-23(18-21)24-13-5-4-8-20(24)2/h4-6,8-9,12-13,18,22H,3,7,10-11,14-17,19H2,1-2H3,(H,28,31). The van der Waals surface area contributed by atoms with Crippen LogP contribution in [0.2, 0.25) is 0 Å². The molecule has 2 aromatic carbocycles. The van der Waals surface area contributed by atoms with Gasteiger partial charge in [0, 0.05) is 25.6 Å². The van der Waals surface area contributed by atoms with Crippen molar-refractivity contribution < 1.29 is 9.59 Å². The number of hydrogen-bond donors (Lipinski definition) is 1. The van der Waals surface area contributed by atoms with E-state index in [9.17, 15) is 9.59 Å². The van der Waals surface area contributed by atoms with Gasteiger partial charge in [-0.3, -0.25) is 9.59 Å². The Kier molecular flexibility index (Phi) is 6.45. The van der Waals surface area contributed by atoms with Crippen molar-refractivity contribution in [3.05, 3.63) is 59.7 Å². The Hall–Kier alpha value is -2.62. The molecule has 0 atom stereocenters. The lowest BCUT2D eigenvalue weighted by molar-refractivity contribution is -0.144. The summed E-state index contributed by atoms with van der Waals surface area (Å²) in [5.74, 6) is 0.659. The van der Waals surface area contributed by atoms with E-state index in [-0.39, 0.29) is 11.8 Å². The molecule has 0 aromatic heterocycles. The second kappa shape index (κ2) is 9.25. The van der Waals surface area contributed by atoms with Gasteiger partial charge in [0.1, 0.15) is 0 Å². The number of carbonyl (C=O) groups excluding carboxylic acids is 2. The smallest absolute Gasteiger partial charge is 0.226 e. The highest BCUT2D eigenvalue weighted by Crippen LogP contribution is 2.38. The Morgan fingerprint density at radius 3 is 2.45 bits per heavy atom. The van der Waals surface area contributed by atoms with Gasteiger partial charge in [0.2, 0.25) is 11.8 Å². The van der Waals surface area contributed by atoms with Crippen molar-refractivity contribution in [2.24, 2.45) is 11.3 Å². The van der Waals surface area contributed by atoms with Crippen LogP contribution in [0.3, 0.4) is 0 Å². The number of piperidine rings is 1. The average Bonchev–Trinajstić information content (AvgIpc) is 2.73. The van der Waals surface area contributed by atoms with Gasteiger partial charge in [-0.25, -0.2) is 0 Å². The van der Waals surface area contributed by atoms with Crippen LogP contribution in [0, 0.1) is 18.3 Å². The minimum atomic E-state index is -0.448. The van der Waals surface area contributed by atoms with Gasteiger partial charge in [0.05, 0.1) is 5.41 Å². The van der Waals surface area contributed by atoms with Crippen molar-refractivity contribution in [2.45, 2.75) is 52.4 Å². The molecule has 31 heavy (non-hydrogen) atoms. The number of aryl methyl sites for hydroxylation is 1. The van der Waals surface area contributed by atoms with Crippen LogP contribution in [0.5, 0.6) is 0 Å². The summed E-state index contributed by atoms with van der Waals surface area (Å²) in [5.41, 5.74) is 4.42. The van der Waals surface area contributed by atoms with Gasteiger partial charge in [-0.1, -0.05) is 55.0 Å². The van der Waals surface area contributed by atoms with E-state index >= 15 is 0 Å². The molecule has 1 heterocycles. The van der Waals surface area contributed by atoms with Crippen LogP contribution in [0.1, 0.15) is 50.2 Å². The maximum absolute atomic E-state index is 13.2. The molecule has 4 nitrogen and oxygen atoms in total. The molecule has 2 aromatic rings. The lowest BCUT2D eigenvalue weighted by Gasteiger charge is -2.42. The summed E-state index contributed by atoms with van der Waals surface area (Å²) in [6.07, 6.45) is 5.40. The molecule has 1 saturated carbocycles. The summed E-state index contributed by atoms with van der Waals surface area (Å²) < 4.78 is 0. The Balaban J connectivity index is 1.54. The summed E-state index contributed by atoms with van der Waals surface area (Å²) in [6, 6.07) is 17.0. The zero-order valence-electron chi connectivity index (χ0n) is 18.8. The summed E-state index contributed by atoms with van der Waals surface area (Å²) >= 11 is 0. The number of hydrogen-bond acceptors (Lipinski definition) is 2. The number of benzene rings is 2. The molecule has 4 rings (SSSR count). The zero-order valence-corrected chi connectivity index (χ0v) is 18.8. The number of likely N-dealkylation sites (tertiary alicyclic amines) is 1. The van der Waals surface area contributed by atoms with Gasteiger partial charge in [-0.05, 0) is 68.2 Å². The molecule has 2 fully saturated rings. The summed E-state index contributed by atoms with van der Waals surface area (Å²) in [4.78, 5) is 27.9. The molecular weight excluding hydrogens is 384 g/mol. The number of amides is 2. The third-order valence-electron chi connectivity index (χ3n) is 7.23. The Morgan fingerprint density at radius 1 is 1.06 bits per heavy atom. The average molecular weight is 419 g/mol. The highest BCUT2D eigenvalue weighted by molar-refractivity contribution is 5.84. The molecule has 1 aliphatic carbocycles. The Morgan fingerprint density at radius 2 is 1.81 bits per heavy atom. The second-order valence-electron chi connectivity index (χ2n) is 9.28. The van der Waals surface area contributed by atoms with Crippen molar-refractivity contribution in [2.75, 3.05) is 19.6 Å². The third-order valence-corrected chi connectivity index (χ3v) is 7.23. The number of nitrogens with one attached hydrogen (secondary N) is 1. The van der Waals surface area contributed by atoms with Gasteiger partial charge in [0.25, 0.3) is 0 Å². The van der Waals surface area contributed by atoms with Crippen LogP contribution < -0.4 is 5.32 Å². The molecule has 0 bridgehead atoms. The number of nitrogens with zero attached hydrogens (tertiary/aromatic N) is 1. The van der Waals surface area contributed by atoms with E-state index in [2.05, 4.69) is 60.8 Å². The van der Waals surface area contributed by atoms with E-state index in [1.807, 2.05) is 11.8 Å². The quantitative estimate of drug-likeness (QED) is 0.736. The molecule has 164 valence electrons. The lowest BCUT2D eigenvalue weighted by atomic mass is 9.72. The van der Waals surface area contributed by atoms with Crippen molar-refractivity contribution in [3.63, 3.8) is 0 Å². The summed E-state index contributed by atoms with van der Waals surface area (Å²) in [7, 11) is 0. The fourth-order valence-electron chi connectivity index (χ4n) is 5.04. The van der Waals surface area contributed by atoms with Gasteiger partial charge in [-0.15, -0.1) is 0 Å². The zero-order chi connectivity index (χ0) is 21.8. The van der Waals surface area contributed by atoms with E-state index in [0.717, 1.165) is 25.7 Å². The second-order valence-corrected chi connectivity index (χ2v) is 9.28. The molecule has 1 saturated heterocycles. The first-order valence-corrected chi connectivity index (χ1v) is 11.7. The van der Waals surface area contributed by atoms with Crippen LogP contribution in [-0.2, 0) is 16.0 Å². The predicted molar refractivity (Wildman–Crippen MR) is 125 cm³/mol. The molecule has 1 N–H and O–H groups in total. The van der Waals surface area contributed by atoms with Crippen LogP contribution in [-0.4, -0.2) is 36.3 Å². The lowest BCUT2D eigenvalue weighted by Crippen LogP contribution is -2.52. The van der Waals surface area contributed by atoms with Crippen molar-refractivity contribution in [1.29, 1.82) is 0 Å². The summed E-state index contributed by atoms with van der Waals surface area (Å²) in [5, 5.41) is 3.08. The van der Waals surface area contributed by atoms with Crippen LogP contribution in [0.15, 0.2) is 48.5 Å². The predicted octanol–water partition coefficient (Wildman–Crippen LogP) is 4.75. The summed E-state index contributed by atoms with van der Waals surface area (Å²) in [6.45, 7) is 6.11. The molecule has 2 aliphatic rings. The Bertz CT molecular complexity index is 940. The molecule has 0 spiro atoms. The van der Waals surface area contributed by atoms with E-state index in [0.29, 0.717) is 32.0 Å². The monoisotopic (exact) mass is 418 g/mol. The normalized spacial score (nSPS) is 18.3. The fraction of sp³-hybridized carbons (Fsp3) is 0.481. The van der Waals surface area contributed by atoms with Crippen LogP contribution in [0.25, 0.3) is 11.1 Å². The maximum Gasteiger partial charge on any atom is 0.226 e. The van der Waals surface area contributed by atoms with E-state index in [4.69, 9.17) is 0 Å². The number of carbonyl (C=O) groups is 2. The van der Waals surface area contributed by atoms with E-state index in [1.54, 1.807) is 0 Å². The Labute approximate surface area is 186 Å². The maximum atomic E-state index is 13.2.